The van der Waals surface area contributed by atoms with E-state index in [-0.39, 0.29) is 0 Å². The Balaban J connectivity index is 3.43. The van der Waals surface area contributed by atoms with Gasteiger partial charge in [-0.25, -0.2) is 0 Å². The fraction of sp³-hybridized carbons (Fsp3) is 1.00. The van der Waals surface area contributed by atoms with Gasteiger partial charge in [0.15, 0.2) is 0 Å². The molecule has 62 valence electrons. The molecule has 0 rings (SSSR count). The summed E-state index contributed by atoms with van der Waals surface area (Å²) >= 11 is -1.86. The van der Waals surface area contributed by atoms with Crippen LogP contribution in [0.5, 0.6) is 0 Å². The van der Waals surface area contributed by atoms with Crippen molar-refractivity contribution >= 4 is 11.1 Å². The van der Waals surface area contributed by atoms with Crippen molar-refractivity contribution in [1.82, 2.24) is 0 Å². The first-order valence-electron chi connectivity index (χ1n) is 3.58. The van der Waals surface area contributed by atoms with Crippen molar-refractivity contribution in [1.29, 1.82) is 0 Å². The fourth-order valence-corrected chi connectivity index (χ4v) is 1.71. The van der Waals surface area contributed by atoms with Gasteiger partial charge in [0.05, 0.1) is 0 Å². The molecule has 0 heterocycles. The molecule has 0 spiro atoms. The molecule has 0 fully saturated rings. The molecule has 0 saturated carbocycles. The van der Waals surface area contributed by atoms with E-state index in [1.165, 1.54) is 0 Å². The Labute approximate surface area is 65.3 Å². The van der Waals surface area contributed by atoms with Crippen molar-refractivity contribution in [2.75, 3.05) is 5.75 Å². The van der Waals surface area contributed by atoms with Gasteiger partial charge in [-0.05, 0) is 18.3 Å². The summed E-state index contributed by atoms with van der Waals surface area (Å²) in [7, 11) is 0. The van der Waals surface area contributed by atoms with Gasteiger partial charge < -0.3 is 4.55 Å². The first-order valence-corrected chi connectivity index (χ1v) is 4.82. The topological polar surface area (TPSA) is 40.1 Å². The van der Waals surface area contributed by atoms with Crippen molar-refractivity contribution in [3.63, 3.8) is 0 Å². The van der Waals surface area contributed by atoms with E-state index in [2.05, 4.69) is 13.8 Å². The summed E-state index contributed by atoms with van der Waals surface area (Å²) in [6.07, 6.45) is 0.994. The Hall–Kier alpha value is 0.110. The van der Waals surface area contributed by atoms with Crippen LogP contribution in [0.25, 0.3) is 0 Å². The zero-order chi connectivity index (χ0) is 8.15. The molecule has 2 unspecified atom stereocenters. The van der Waals surface area contributed by atoms with Gasteiger partial charge in [0.2, 0.25) is 0 Å². The minimum Gasteiger partial charge on any atom is -0.772 e. The van der Waals surface area contributed by atoms with Crippen molar-refractivity contribution < 1.29 is 8.76 Å². The van der Waals surface area contributed by atoms with Crippen LogP contribution in [0, 0.1) is 11.8 Å². The normalized spacial score (nSPS) is 17.3. The van der Waals surface area contributed by atoms with Crippen LogP contribution >= 0.6 is 0 Å². The van der Waals surface area contributed by atoms with Gasteiger partial charge in [0.25, 0.3) is 0 Å². The first-order chi connectivity index (χ1) is 4.52. The molecular weight excluding hydrogens is 148 g/mol. The third kappa shape index (κ3) is 6.23. The third-order valence-electron chi connectivity index (χ3n) is 1.29. The summed E-state index contributed by atoms with van der Waals surface area (Å²) in [4.78, 5) is 0. The second-order valence-electron chi connectivity index (χ2n) is 3.21. The van der Waals surface area contributed by atoms with Crippen LogP contribution in [0.4, 0.5) is 0 Å². The summed E-state index contributed by atoms with van der Waals surface area (Å²) in [5.74, 6) is 1.20. The molecule has 0 aliphatic rings. The number of hydrogen-bond donors (Lipinski definition) is 0. The average molecular weight is 163 g/mol. The highest BCUT2D eigenvalue weighted by Gasteiger charge is 2.03. The maximum atomic E-state index is 10.2. The van der Waals surface area contributed by atoms with Gasteiger partial charge in [0, 0.05) is 5.75 Å². The van der Waals surface area contributed by atoms with Crippen LogP contribution in [0.2, 0.25) is 0 Å². The van der Waals surface area contributed by atoms with Crippen LogP contribution in [-0.2, 0) is 11.1 Å². The highest BCUT2D eigenvalue weighted by Crippen LogP contribution is 2.10. The highest BCUT2D eigenvalue weighted by atomic mass is 32.2. The summed E-state index contributed by atoms with van der Waals surface area (Å²) in [5, 5.41) is 0. The van der Waals surface area contributed by atoms with E-state index in [9.17, 15) is 8.76 Å². The molecule has 2 atom stereocenters. The highest BCUT2D eigenvalue weighted by molar-refractivity contribution is 7.79. The SMILES string of the molecule is CC(C)CC(C)CS(=O)[O-]. The molecule has 0 N–H and O–H groups in total. The van der Waals surface area contributed by atoms with Crippen molar-refractivity contribution in [2.45, 2.75) is 27.2 Å². The molecule has 0 aromatic heterocycles. The molecule has 0 aromatic rings. The Morgan fingerprint density at radius 3 is 2.20 bits per heavy atom. The van der Waals surface area contributed by atoms with Crippen LogP contribution in [0.3, 0.4) is 0 Å². The number of hydrogen-bond acceptors (Lipinski definition) is 2. The van der Waals surface area contributed by atoms with Gasteiger partial charge in [-0.2, -0.15) is 0 Å². The molecule has 0 aliphatic carbocycles. The lowest BCUT2D eigenvalue weighted by Crippen LogP contribution is -2.09. The summed E-state index contributed by atoms with van der Waals surface area (Å²) in [6.45, 7) is 6.17. The van der Waals surface area contributed by atoms with E-state index >= 15 is 0 Å². The maximum absolute atomic E-state index is 10.2. The lowest BCUT2D eigenvalue weighted by Gasteiger charge is -2.14. The molecule has 0 aliphatic heterocycles. The Kier molecular flexibility index (Phi) is 4.91. The second kappa shape index (κ2) is 4.85. The Bertz CT molecular complexity index is 112. The zero-order valence-corrected chi connectivity index (χ0v) is 7.61. The molecule has 0 radical (unpaired) electrons. The van der Waals surface area contributed by atoms with E-state index in [0.717, 1.165) is 6.42 Å². The molecule has 0 bridgehead atoms. The summed E-state index contributed by atoms with van der Waals surface area (Å²) < 4.78 is 20.4. The predicted octanol–water partition coefficient (Wildman–Crippen LogP) is 1.55. The van der Waals surface area contributed by atoms with Gasteiger partial charge in [0.1, 0.15) is 0 Å². The van der Waals surface area contributed by atoms with E-state index in [4.69, 9.17) is 0 Å². The average Bonchev–Trinajstić information content (AvgIpc) is 1.58. The Morgan fingerprint density at radius 2 is 1.90 bits per heavy atom. The van der Waals surface area contributed by atoms with Crippen LogP contribution in [-0.4, -0.2) is 14.5 Å². The molecule has 0 aromatic carbocycles. The van der Waals surface area contributed by atoms with Crippen LogP contribution in [0.15, 0.2) is 0 Å². The van der Waals surface area contributed by atoms with Gasteiger partial charge in [-0.1, -0.05) is 31.9 Å². The molecular formula is C7H15O2S-. The minimum atomic E-state index is -1.86. The maximum Gasteiger partial charge on any atom is 0.0127 e. The van der Waals surface area contributed by atoms with Crippen molar-refractivity contribution in [2.24, 2.45) is 11.8 Å². The minimum absolute atomic E-state index is 0.304. The predicted molar refractivity (Wildman–Crippen MR) is 42.4 cm³/mol. The third-order valence-corrected chi connectivity index (χ3v) is 2.14. The first kappa shape index (κ1) is 10.1. The molecule has 0 amide bonds. The van der Waals surface area contributed by atoms with Gasteiger partial charge in [-0.3, -0.25) is 4.21 Å². The zero-order valence-electron chi connectivity index (χ0n) is 6.79. The summed E-state index contributed by atoms with van der Waals surface area (Å²) in [6, 6.07) is 0. The Morgan fingerprint density at radius 1 is 1.40 bits per heavy atom. The van der Waals surface area contributed by atoms with Crippen LogP contribution in [0.1, 0.15) is 27.2 Å². The van der Waals surface area contributed by atoms with E-state index in [1.807, 2.05) is 6.92 Å². The quantitative estimate of drug-likeness (QED) is 0.590. The van der Waals surface area contributed by atoms with Gasteiger partial charge >= 0.3 is 0 Å². The van der Waals surface area contributed by atoms with E-state index < -0.39 is 11.1 Å². The fourth-order valence-electron chi connectivity index (χ4n) is 1.11. The monoisotopic (exact) mass is 163 g/mol. The molecule has 10 heavy (non-hydrogen) atoms. The van der Waals surface area contributed by atoms with Crippen molar-refractivity contribution in [3.05, 3.63) is 0 Å². The summed E-state index contributed by atoms with van der Waals surface area (Å²) in [5.41, 5.74) is 0. The largest absolute Gasteiger partial charge is 0.772 e. The van der Waals surface area contributed by atoms with E-state index in [0.29, 0.717) is 17.6 Å². The van der Waals surface area contributed by atoms with Crippen molar-refractivity contribution in [3.8, 4) is 0 Å². The lowest BCUT2D eigenvalue weighted by atomic mass is 10.0. The standard InChI is InChI=1S/C7H16O2S/c1-6(2)4-7(3)5-10(8)9/h6-7H,4-5H2,1-3H3,(H,8,9)/p-1. The molecule has 0 saturated heterocycles. The van der Waals surface area contributed by atoms with Gasteiger partial charge in [-0.15, -0.1) is 0 Å². The lowest BCUT2D eigenvalue weighted by molar-refractivity contribution is 0.456. The number of rotatable bonds is 4. The molecule has 2 nitrogen and oxygen atoms in total. The smallest absolute Gasteiger partial charge is 0.0127 e. The van der Waals surface area contributed by atoms with E-state index in [1.54, 1.807) is 0 Å². The molecule has 3 heteroatoms. The second-order valence-corrected chi connectivity index (χ2v) is 4.15. The van der Waals surface area contributed by atoms with Crippen LogP contribution < -0.4 is 0 Å².